The number of nitrogens with zero attached hydrogens (tertiary/aromatic N) is 1. The third-order valence-corrected chi connectivity index (χ3v) is 2.37. The molecule has 0 aromatic carbocycles. The minimum Gasteiger partial charge on any atom is -0.405 e. The Labute approximate surface area is 85.4 Å². The minimum atomic E-state index is 0.307. The van der Waals surface area contributed by atoms with Crippen LogP contribution in [-0.2, 0) is 0 Å². The van der Waals surface area contributed by atoms with Crippen molar-refractivity contribution in [2.75, 3.05) is 19.6 Å². The molecule has 0 aliphatic carbocycles. The maximum atomic E-state index is 5.87. The highest BCUT2D eigenvalue weighted by Gasteiger charge is 2.16. The molecule has 1 saturated heterocycles. The molecule has 0 bridgehead atoms. The predicted octanol–water partition coefficient (Wildman–Crippen LogP) is -0.275. The zero-order valence-corrected chi connectivity index (χ0v) is 8.52. The average Bonchev–Trinajstić information content (AvgIpc) is 2.15. The molecule has 1 heterocycles. The Bertz CT molecular complexity index is 222. The molecule has 14 heavy (non-hydrogen) atoms. The van der Waals surface area contributed by atoms with E-state index in [4.69, 9.17) is 17.2 Å². The highest BCUT2D eigenvalue weighted by molar-refractivity contribution is 5.10. The molecule has 4 heteroatoms. The summed E-state index contributed by atoms with van der Waals surface area (Å²) in [5.41, 5.74) is 17.7. The summed E-state index contributed by atoms with van der Waals surface area (Å²) in [6.45, 7) is 2.83. The van der Waals surface area contributed by atoms with Gasteiger partial charge in [-0.1, -0.05) is 0 Å². The van der Waals surface area contributed by atoms with Gasteiger partial charge < -0.3 is 17.2 Å². The van der Waals surface area contributed by atoms with Gasteiger partial charge in [-0.05, 0) is 37.7 Å². The van der Waals surface area contributed by atoms with Crippen molar-refractivity contribution in [2.24, 2.45) is 17.2 Å². The van der Waals surface area contributed by atoms with Crippen molar-refractivity contribution in [3.63, 3.8) is 0 Å². The molecule has 0 amide bonds. The fourth-order valence-electron chi connectivity index (χ4n) is 1.72. The molecule has 1 aliphatic rings. The van der Waals surface area contributed by atoms with Crippen molar-refractivity contribution < 1.29 is 0 Å². The Hall–Kier alpha value is -1.00. The highest BCUT2D eigenvalue weighted by Crippen LogP contribution is 2.08. The summed E-state index contributed by atoms with van der Waals surface area (Å²) in [5.74, 6) is 0. The lowest BCUT2D eigenvalue weighted by Crippen LogP contribution is -2.44. The van der Waals surface area contributed by atoms with Crippen molar-refractivity contribution in [3.8, 4) is 0 Å². The number of hydrogen-bond donors (Lipinski definition) is 3. The Morgan fingerprint density at radius 1 is 1.50 bits per heavy atom. The summed E-state index contributed by atoms with van der Waals surface area (Å²) in [7, 11) is 0. The topological polar surface area (TPSA) is 81.3 Å². The molecule has 1 rings (SSSR count). The summed E-state index contributed by atoms with van der Waals surface area (Å²) >= 11 is 0. The van der Waals surface area contributed by atoms with Crippen molar-refractivity contribution >= 4 is 0 Å². The lowest BCUT2D eigenvalue weighted by atomic mass is 10.1. The fourth-order valence-corrected chi connectivity index (χ4v) is 1.72. The average molecular weight is 196 g/mol. The zero-order chi connectivity index (χ0) is 10.4. The molecule has 0 aromatic rings. The van der Waals surface area contributed by atoms with Crippen molar-refractivity contribution in [1.29, 1.82) is 0 Å². The number of rotatable bonds is 3. The number of allylic oxidation sites excluding steroid dienone is 2. The van der Waals surface area contributed by atoms with E-state index in [1.807, 2.05) is 6.08 Å². The van der Waals surface area contributed by atoms with Gasteiger partial charge in [-0.15, -0.1) is 0 Å². The van der Waals surface area contributed by atoms with Gasteiger partial charge in [0.25, 0.3) is 0 Å². The van der Waals surface area contributed by atoms with Crippen LogP contribution in [-0.4, -0.2) is 30.6 Å². The summed E-state index contributed by atoms with van der Waals surface area (Å²) in [6, 6.07) is 0.307. The van der Waals surface area contributed by atoms with E-state index in [1.165, 1.54) is 12.6 Å². The lowest BCUT2D eigenvalue weighted by Gasteiger charge is -2.30. The van der Waals surface area contributed by atoms with Crippen LogP contribution < -0.4 is 17.2 Å². The van der Waals surface area contributed by atoms with E-state index < -0.39 is 0 Å². The number of piperidine rings is 1. The van der Waals surface area contributed by atoms with E-state index in [2.05, 4.69) is 4.90 Å². The van der Waals surface area contributed by atoms with E-state index >= 15 is 0 Å². The van der Waals surface area contributed by atoms with Crippen LogP contribution in [0.15, 0.2) is 24.0 Å². The molecule has 0 spiro atoms. The Kier molecular flexibility index (Phi) is 4.49. The zero-order valence-electron chi connectivity index (χ0n) is 8.52. The van der Waals surface area contributed by atoms with Crippen LogP contribution in [0, 0.1) is 0 Å². The molecule has 0 radical (unpaired) electrons. The summed E-state index contributed by atoms with van der Waals surface area (Å²) in [5, 5.41) is 0. The smallest absolute Gasteiger partial charge is 0.0380 e. The van der Waals surface area contributed by atoms with Crippen LogP contribution in [0.5, 0.6) is 0 Å². The Balaban J connectivity index is 2.35. The second-order valence-corrected chi connectivity index (χ2v) is 3.76. The summed E-state index contributed by atoms with van der Waals surface area (Å²) in [4.78, 5) is 2.28. The van der Waals surface area contributed by atoms with E-state index in [0.717, 1.165) is 31.8 Å². The van der Waals surface area contributed by atoms with Gasteiger partial charge in [0, 0.05) is 24.8 Å². The second kappa shape index (κ2) is 5.67. The summed E-state index contributed by atoms with van der Waals surface area (Å²) < 4.78 is 0. The van der Waals surface area contributed by atoms with Crippen LogP contribution in [0.1, 0.15) is 12.8 Å². The van der Waals surface area contributed by atoms with Gasteiger partial charge in [0.1, 0.15) is 0 Å². The first-order chi connectivity index (χ1) is 6.72. The first-order valence-corrected chi connectivity index (χ1v) is 5.03. The van der Waals surface area contributed by atoms with Gasteiger partial charge in [-0.3, -0.25) is 4.90 Å². The maximum Gasteiger partial charge on any atom is 0.0380 e. The molecule has 1 atom stereocenters. The molecular formula is C10H20N4. The summed E-state index contributed by atoms with van der Waals surface area (Å²) in [6.07, 6.45) is 7.36. The standard InChI is InChI=1S/C10H20N4/c11-5-1-3-9(12)7-14-6-2-4-10(13)8-14/h1,3,5,10H,2,4,6-8,11-13H2/b5-1-,9-3-/t10-/m0/s1. The monoisotopic (exact) mass is 196 g/mol. The minimum absolute atomic E-state index is 0.307. The van der Waals surface area contributed by atoms with Gasteiger partial charge >= 0.3 is 0 Å². The van der Waals surface area contributed by atoms with Crippen LogP contribution in [0.2, 0.25) is 0 Å². The largest absolute Gasteiger partial charge is 0.405 e. The van der Waals surface area contributed by atoms with Gasteiger partial charge in [0.05, 0.1) is 0 Å². The molecule has 0 aromatic heterocycles. The van der Waals surface area contributed by atoms with E-state index in [1.54, 1.807) is 6.08 Å². The van der Waals surface area contributed by atoms with E-state index in [9.17, 15) is 0 Å². The Morgan fingerprint density at radius 2 is 2.29 bits per heavy atom. The molecular weight excluding hydrogens is 176 g/mol. The molecule has 4 nitrogen and oxygen atoms in total. The quantitative estimate of drug-likeness (QED) is 0.542. The van der Waals surface area contributed by atoms with Gasteiger partial charge in [0.15, 0.2) is 0 Å². The second-order valence-electron chi connectivity index (χ2n) is 3.76. The van der Waals surface area contributed by atoms with Crippen LogP contribution in [0.3, 0.4) is 0 Å². The van der Waals surface area contributed by atoms with Crippen LogP contribution >= 0.6 is 0 Å². The van der Waals surface area contributed by atoms with E-state index in [0.29, 0.717) is 6.04 Å². The van der Waals surface area contributed by atoms with E-state index in [-0.39, 0.29) is 0 Å². The predicted molar refractivity (Wildman–Crippen MR) is 59.2 cm³/mol. The molecule has 0 unspecified atom stereocenters. The van der Waals surface area contributed by atoms with Gasteiger partial charge in [-0.25, -0.2) is 0 Å². The van der Waals surface area contributed by atoms with Gasteiger partial charge in [0.2, 0.25) is 0 Å². The van der Waals surface area contributed by atoms with Crippen LogP contribution in [0.4, 0.5) is 0 Å². The number of likely N-dealkylation sites (tertiary alicyclic amines) is 1. The molecule has 1 fully saturated rings. The lowest BCUT2D eigenvalue weighted by molar-refractivity contribution is 0.224. The SMILES string of the molecule is N/C=C\C=C(/N)CN1CCC[C@H](N)C1. The first kappa shape index (κ1) is 11.1. The number of hydrogen-bond acceptors (Lipinski definition) is 4. The fraction of sp³-hybridized carbons (Fsp3) is 0.600. The normalized spacial score (nSPS) is 25.8. The molecule has 1 aliphatic heterocycles. The van der Waals surface area contributed by atoms with Gasteiger partial charge in [-0.2, -0.15) is 0 Å². The van der Waals surface area contributed by atoms with Crippen LogP contribution in [0.25, 0.3) is 0 Å². The maximum absolute atomic E-state index is 5.87. The Morgan fingerprint density at radius 3 is 2.93 bits per heavy atom. The third-order valence-electron chi connectivity index (χ3n) is 2.37. The first-order valence-electron chi connectivity index (χ1n) is 5.03. The van der Waals surface area contributed by atoms with Crippen molar-refractivity contribution in [3.05, 3.63) is 24.0 Å². The highest BCUT2D eigenvalue weighted by atomic mass is 15.1. The molecule has 6 N–H and O–H groups in total. The molecule has 0 saturated carbocycles. The number of nitrogens with two attached hydrogens (primary N) is 3. The third kappa shape index (κ3) is 3.81. The molecule has 80 valence electrons. The van der Waals surface area contributed by atoms with Crippen molar-refractivity contribution in [1.82, 2.24) is 4.90 Å². The van der Waals surface area contributed by atoms with Crippen molar-refractivity contribution in [2.45, 2.75) is 18.9 Å².